The third kappa shape index (κ3) is 2.03. The van der Waals surface area contributed by atoms with Crippen molar-refractivity contribution in [3.63, 3.8) is 0 Å². The Kier molecular flexibility index (Phi) is 3.60. The molecule has 0 radical (unpaired) electrons. The summed E-state index contributed by atoms with van der Waals surface area (Å²) in [6.45, 7) is 1.93. The predicted molar refractivity (Wildman–Crippen MR) is 62.7 cm³/mol. The predicted octanol–water partition coefficient (Wildman–Crippen LogP) is 2.81. The molecule has 0 spiro atoms. The van der Waals surface area contributed by atoms with Gasteiger partial charge in [-0.15, -0.1) is 11.3 Å². The van der Waals surface area contributed by atoms with Gasteiger partial charge in [-0.25, -0.2) is 0 Å². The Balaban J connectivity index is 2.13. The van der Waals surface area contributed by atoms with E-state index in [1.807, 2.05) is 7.05 Å². The molecule has 1 aromatic rings. The summed E-state index contributed by atoms with van der Waals surface area (Å²) in [5, 5.41) is 5.34. The third-order valence-electron chi connectivity index (χ3n) is 2.58. The summed E-state index contributed by atoms with van der Waals surface area (Å²) in [4.78, 5) is 1.34. The highest BCUT2D eigenvalue weighted by molar-refractivity contribution is 9.10. The fourth-order valence-corrected chi connectivity index (χ4v) is 3.64. The van der Waals surface area contributed by atoms with Gasteiger partial charge in [0.2, 0.25) is 0 Å². The normalized spacial score (nSPS) is 27.0. The molecule has 14 heavy (non-hydrogen) atoms. The molecule has 2 rings (SSSR count). The summed E-state index contributed by atoms with van der Waals surface area (Å²) in [6, 6.07) is 2.10. The zero-order valence-electron chi connectivity index (χ0n) is 8.13. The lowest BCUT2D eigenvalue weighted by Crippen LogP contribution is -2.21. The van der Waals surface area contributed by atoms with Gasteiger partial charge < -0.3 is 10.1 Å². The number of thiophene rings is 1. The van der Waals surface area contributed by atoms with Crippen LogP contribution in [-0.2, 0) is 4.74 Å². The quantitative estimate of drug-likeness (QED) is 0.916. The maximum Gasteiger partial charge on any atom is 0.0969 e. The smallest absolute Gasteiger partial charge is 0.0969 e. The number of hydrogen-bond donors (Lipinski definition) is 1. The Morgan fingerprint density at radius 2 is 2.57 bits per heavy atom. The molecule has 78 valence electrons. The summed E-state index contributed by atoms with van der Waals surface area (Å²) in [5.74, 6) is 0.620. The maximum atomic E-state index is 5.78. The lowest BCUT2D eigenvalue weighted by atomic mass is 10.0. The Bertz CT molecular complexity index is 302. The molecule has 2 unspecified atom stereocenters. The Labute approximate surface area is 96.8 Å². The van der Waals surface area contributed by atoms with E-state index in [9.17, 15) is 0 Å². The van der Waals surface area contributed by atoms with Crippen molar-refractivity contribution in [3.8, 4) is 0 Å². The van der Waals surface area contributed by atoms with Gasteiger partial charge in [0.1, 0.15) is 0 Å². The highest BCUT2D eigenvalue weighted by atomic mass is 79.9. The molecule has 0 aliphatic carbocycles. The zero-order valence-corrected chi connectivity index (χ0v) is 10.5. The number of nitrogens with one attached hydrogen (secondary N) is 1. The molecule has 2 atom stereocenters. The largest absolute Gasteiger partial charge is 0.372 e. The monoisotopic (exact) mass is 275 g/mol. The first-order valence-electron chi connectivity index (χ1n) is 4.82. The van der Waals surface area contributed by atoms with Gasteiger partial charge in [-0.05, 0) is 40.8 Å². The standard InChI is InChI=1S/C10H14BrNOS/c1-12-6-7-2-4-13-9(7)10-8(11)3-5-14-10/h3,5,7,9,12H,2,4,6H2,1H3. The van der Waals surface area contributed by atoms with Gasteiger partial charge >= 0.3 is 0 Å². The number of hydrogen-bond acceptors (Lipinski definition) is 3. The molecule has 1 aliphatic rings. The Morgan fingerprint density at radius 1 is 1.71 bits per heavy atom. The van der Waals surface area contributed by atoms with Crippen molar-refractivity contribution >= 4 is 27.3 Å². The van der Waals surface area contributed by atoms with Gasteiger partial charge in [0.05, 0.1) is 6.10 Å². The van der Waals surface area contributed by atoms with Crippen molar-refractivity contribution in [1.29, 1.82) is 0 Å². The maximum absolute atomic E-state index is 5.78. The van der Waals surface area contributed by atoms with E-state index in [4.69, 9.17) is 4.74 Å². The molecule has 0 aromatic carbocycles. The molecule has 1 aromatic heterocycles. The lowest BCUT2D eigenvalue weighted by Gasteiger charge is -2.17. The minimum atomic E-state index is 0.289. The van der Waals surface area contributed by atoms with Gasteiger partial charge in [-0.3, -0.25) is 0 Å². The zero-order chi connectivity index (χ0) is 9.97. The van der Waals surface area contributed by atoms with E-state index in [0.29, 0.717) is 5.92 Å². The molecule has 4 heteroatoms. The second-order valence-electron chi connectivity index (χ2n) is 3.53. The molecule has 1 saturated heterocycles. The van der Waals surface area contributed by atoms with E-state index in [1.165, 1.54) is 9.35 Å². The summed E-state index contributed by atoms with van der Waals surface area (Å²) in [6.07, 6.45) is 1.45. The van der Waals surface area contributed by atoms with E-state index >= 15 is 0 Å². The highest BCUT2D eigenvalue weighted by Crippen LogP contribution is 2.40. The van der Waals surface area contributed by atoms with Crippen molar-refractivity contribution < 1.29 is 4.74 Å². The van der Waals surface area contributed by atoms with Crippen molar-refractivity contribution in [3.05, 3.63) is 20.8 Å². The molecule has 1 N–H and O–H groups in total. The average Bonchev–Trinajstić information content (AvgIpc) is 2.74. The van der Waals surface area contributed by atoms with Crippen molar-refractivity contribution in [2.45, 2.75) is 12.5 Å². The molecule has 1 fully saturated rings. The summed E-state index contributed by atoms with van der Waals surface area (Å²) < 4.78 is 6.97. The van der Waals surface area contributed by atoms with Crippen LogP contribution in [0.3, 0.4) is 0 Å². The molecule has 2 heterocycles. The molecule has 1 aliphatic heterocycles. The summed E-state index contributed by atoms with van der Waals surface area (Å²) >= 11 is 5.34. The van der Waals surface area contributed by atoms with E-state index < -0.39 is 0 Å². The van der Waals surface area contributed by atoms with Crippen LogP contribution in [-0.4, -0.2) is 20.2 Å². The molecule has 0 bridgehead atoms. The SMILES string of the molecule is CNCC1CCOC1c1sccc1Br. The molecular formula is C10H14BrNOS. The molecule has 0 saturated carbocycles. The lowest BCUT2D eigenvalue weighted by molar-refractivity contribution is 0.0933. The topological polar surface area (TPSA) is 21.3 Å². The van der Waals surface area contributed by atoms with Gasteiger partial charge in [-0.2, -0.15) is 0 Å². The van der Waals surface area contributed by atoms with Crippen molar-refractivity contribution in [2.75, 3.05) is 20.2 Å². The van der Waals surface area contributed by atoms with E-state index in [-0.39, 0.29) is 6.10 Å². The first-order chi connectivity index (χ1) is 6.83. The van der Waals surface area contributed by atoms with Crippen molar-refractivity contribution in [2.24, 2.45) is 5.92 Å². The molecule has 0 amide bonds. The van der Waals surface area contributed by atoms with Crippen LogP contribution in [0.25, 0.3) is 0 Å². The van der Waals surface area contributed by atoms with Crippen LogP contribution in [0.5, 0.6) is 0 Å². The van der Waals surface area contributed by atoms with Gasteiger partial charge in [0, 0.05) is 28.4 Å². The van der Waals surface area contributed by atoms with Gasteiger partial charge in [-0.1, -0.05) is 0 Å². The van der Waals surface area contributed by atoms with Crippen LogP contribution in [0.2, 0.25) is 0 Å². The van der Waals surface area contributed by atoms with Gasteiger partial charge in [0.15, 0.2) is 0 Å². The second kappa shape index (κ2) is 4.75. The minimum absolute atomic E-state index is 0.289. The number of halogens is 1. The van der Waals surface area contributed by atoms with Gasteiger partial charge in [0.25, 0.3) is 0 Å². The fourth-order valence-electron chi connectivity index (χ4n) is 1.90. The Morgan fingerprint density at radius 3 is 3.21 bits per heavy atom. The third-order valence-corrected chi connectivity index (χ3v) is 4.52. The van der Waals surface area contributed by atoms with E-state index in [0.717, 1.165) is 19.6 Å². The Hall–Kier alpha value is 0.100. The van der Waals surface area contributed by atoms with E-state index in [1.54, 1.807) is 11.3 Å². The van der Waals surface area contributed by atoms with Crippen LogP contribution in [0.4, 0.5) is 0 Å². The van der Waals surface area contributed by atoms with Crippen LogP contribution in [0.15, 0.2) is 15.9 Å². The minimum Gasteiger partial charge on any atom is -0.372 e. The van der Waals surface area contributed by atoms with Crippen LogP contribution in [0, 0.1) is 5.92 Å². The fraction of sp³-hybridized carbons (Fsp3) is 0.600. The first kappa shape index (κ1) is 10.6. The van der Waals surface area contributed by atoms with E-state index in [2.05, 4.69) is 32.7 Å². The molecule has 2 nitrogen and oxygen atoms in total. The number of ether oxygens (including phenoxy) is 1. The van der Waals surface area contributed by atoms with Crippen LogP contribution < -0.4 is 5.32 Å². The summed E-state index contributed by atoms with van der Waals surface area (Å²) in [7, 11) is 2.00. The number of rotatable bonds is 3. The average molecular weight is 276 g/mol. The van der Waals surface area contributed by atoms with Crippen LogP contribution >= 0.6 is 27.3 Å². The highest BCUT2D eigenvalue weighted by Gasteiger charge is 2.31. The first-order valence-corrected chi connectivity index (χ1v) is 6.49. The second-order valence-corrected chi connectivity index (χ2v) is 5.33. The van der Waals surface area contributed by atoms with Crippen LogP contribution in [0.1, 0.15) is 17.4 Å². The summed E-state index contributed by atoms with van der Waals surface area (Å²) in [5.41, 5.74) is 0. The molecular weight excluding hydrogens is 262 g/mol. The van der Waals surface area contributed by atoms with Crippen molar-refractivity contribution in [1.82, 2.24) is 5.32 Å².